The highest BCUT2D eigenvalue weighted by Gasteiger charge is 2.12. The Morgan fingerprint density at radius 2 is 1.92 bits per heavy atom. The van der Waals surface area contributed by atoms with Crippen molar-refractivity contribution in [2.75, 3.05) is 17.7 Å². The van der Waals surface area contributed by atoms with Gasteiger partial charge in [0.25, 0.3) is 5.91 Å². The Kier molecular flexibility index (Phi) is 6.84. The predicted molar refractivity (Wildman–Crippen MR) is 104 cm³/mol. The summed E-state index contributed by atoms with van der Waals surface area (Å²) >= 11 is 9.50. The molecule has 2 aromatic carbocycles. The van der Waals surface area contributed by atoms with Crippen LogP contribution in [-0.4, -0.2) is 18.9 Å². The molecule has 0 spiro atoms. The highest BCUT2D eigenvalue weighted by molar-refractivity contribution is 9.10. The number of methoxy groups -OCH3 is 1. The van der Waals surface area contributed by atoms with Crippen LogP contribution in [0.4, 0.5) is 11.4 Å². The van der Waals surface area contributed by atoms with Gasteiger partial charge >= 0.3 is 0 Å². The molecule has 0 saturated carbocycles. The van der Waals surface area contributed by atoms with Gasteiger partial charge in [0.1, 0.15) is 5.75 Å². The van der Waals surface area contributed by atoms with Crippen LogP contribution in [0.25, 0.3) is 0 Å². The average molecular weight is 426 g/mol. The van der Waals surface area contributed by atoms with Gasteiger partial charge in [0.15, 0.2) is 0 Å². The first-order valence-corrected chi connectivity index (χ1v) is 8.86. The van der Waals surface area contributed by atoms with Crippen LogP contribution in [-0.2, 0) is 4.79 Å². The fourth-order valence-electron chi connectivity index (χ4n) is 2.15. The summed E-state index contributed by atoms with van der Waals surface area (Å²) in [6.45, 7) is 1.93. The van der Waals surface area contributed by atoms with Crippen molar-refractivity contribution < 1.29 is 14.3 Å². The maximum absolute atomic E-state index is 12.4. The van der Waals surface area contributed by atoms with Gasteiger partial charge in [-0.25, -0.2) is 0 Å². The molecule has 5 nitrogen and oxygen atoms in total. The van der Waals surface area contributed by atoms with E-state index in [0.29, 0.717) is 38.6 Å². The molecule has 0 saturated heterocycles. The second kappa shape index (κ2) is 8.87. The van der Waals surface area contributed by atoms with E-state index in [1.165, 1.54) is 0 Å². The van der Waals surface area contributed by atoms with Crippen LogP contribution in [0.1, 0.15) is 30.1 Å². The molecule has 132 valence electrons. The maximum Gasteiger partial charge on any atom is 0.255 e. The summed E-state index contributed by atoms with van der Waals surface area (Å²) in [4.78, 5) is 24.1. The lowest BCUT2D eigenvalue weighted by Gasteiger charge is -2.11. The molecule has 0 heterocycles. The molecule has 0 aliphatic rings. The lowest BCUT2D eigenvalue weighted by atomic mass is 10.2. The molecule has 0 aromatic heterocycles. The molecule has 0 atom stereocenters. The number of hydrogen-bond donors (Lipinski definition) is 2. The van der Waals surface area contributed by atoms with Gasteiger partial charge < -0.3 is 15.4 Å². The standard InChI is InChI=1S/C18H18BrClN2O3/c1-3-4-17(23)21-12-6-7-14(20)15(10-12)22-18(24)11-5-8-16(25-2)13(19)9-11/h5-10H,3-4H2,1-2H3,(H,21,23)(H,22,24). The molecule has 2 amide bonds. The van der Waals surface area contributed by atoms with Crippen molar-refractivity contribution >= 4 is 50.7 Å². The van der Waals surface area contributed by atoms with Crippen molar-refractivity contribution in [3.63, 3.8) is 0 Å². The third kappa shape index (κ3) is 5.21. The van der Waals surface area contributed by atoms with E-state index in [0.717, 1.165) is 6.42 Å². The number of hydrogen-bond acceptors (Lipinski definition) is 3. The zero-order chi connectivity index (χ0) is 18.4. The first-order chi connectivity index (χ1) is 11.9. The smallest absolute Gasteiger partial charge is 0.255 e. The van der Waals surface area contributed by atoms with Crippen LogP contribution in [0, 0.1) is 0 Å². The maximum atomic E-state index is 12.4. The van der Waals surface area contributed by atoms with Crippen molar-refractivity contribution in [1.29, 1.82) is 0 Å². The topological polar surface area (TPSA) is 67.4 Å². The first-order valence-electron chi connectivity index (χ1n) is 7.69. The molecule has 0 radical (unpaired) electrons. The lowest BCUT2D eigenvalue weighted by Crippen LogP contribution is -2.14. The first kappa shape index (κ1) is 19.3. The summed E-state index contributed by atoms with van der Waals surface area (Å²) < 4.78 is 5.83. The Bertz CT molecular complexity index is 796. The van der Waals surface area contributed by atoms with Crippen LogP contribution >= 0.6 is 27.5 Å². The van der Waals surface area contributed by atoms with Crippen molar-refractivity contribution in [2.45, 2.75) is 19.8 Å². The third-order valence-electron chi connectivity index (χ3n) is 3.39. The van der Waals surface area contributed by atoms with Gasteiger partial charge in [-0.3, -0.25) is 9.59 Å². The van der Waals surface area contributed by atoms with E-state index in [-0.39, 0.29) is 11.8 Å². The molecule has 2 rings (SSSR count). The molecule has 0 unspecified atom stereocenters. The van der Waals surface area contributed by atoms with Crippen molar-refractivity contribution in [3.05, 3.63) is 51.5 Å². The fraction of sp³-hybridized carbons (Fsp3) is 0.222. The minimum absolute atomic E-state index is 0.0822. The Morgan fingerprint density at radius 1 is 1.16 bits per heavy atom. The monoisotopic (exact) mass is 424 g/mol. The minimum Gasteiger partial charge on any atom is -0.496 e. The molecule has 0 bridgehead atoms. The SMILES string of the molecule is CCCC(=O)Nc1ccc(Cl)c(NC(=O)c2ccc(OC)c(Br)c2)c1. The number of ether oxygens (including phenoxy) is 1. The van der Waals surface area contributed by atoms with Crippen molar-refractivity contribution in [3.8, 4) is 5.75 Å². The molecule has 7 heteroatoms. The summed E-state index contributed by atoms with van der Waals surface area (Å²) in [7, 11) is 1.55. The summed E-state index contributed by atoms with van der Waals surface area (Å²) in [5.41, 5.74) is 1.45. The summed E-state index contributed by atoms with van der Waals surface area (Å²) in [5.74, 6) is 0.235. The zero-order valence-corrected chi connectivity index (χ0v) is 16.2. The lowest BCUT2D eigenvalue weighted by molar-refractivity contribution is -0.116. The molecule has 0 aliphatic heterocycles. The summed E-state index contributed by atoms with van der Waals surface area (Å²) in [6.07, 6.45) is 1.19. The van der Waals surface area contributed by atoms with E-state index in [9.17, 15) is 9.59 Å². The number of carbonyl (C=O) groups excluding carboxylic acids is 2. The quantitative estimate of drug-likeness (QED) is 0.676. The Labute approximate surface area is 159 Å². The van der Waals surface area contributed by atoms with E-state index in [1.807, 2.05) is 6.92 Å². The van der Waals surface area contributed by atoms with Gasteiger partial charge in [-0.2, -0.15) is 0 Å². The minimum atomic E-state index is -0.317. The Balaban J connectivity index is 2.17. The van der Waals surface area contributed by atoms with Crippen molar-refractivity contribution in [1.82, 2.24) is 0 Å². The van der Waals surface area contributed by atoms with E-state index < -0.39 is 0 Å². The molecular weight excluding hydrogens is 408 g/mol. The van der Waals surface area contributed by atoms with Gasteiger partial charge in [-0.15, -0.1) is 0 Å². The van der Waals surface area contributed by atoms with Gasteiger partial charge in [0.2, 0.25) is 5.91 Å². The fourth-order valence-corrected chi connectivity index (χ4v) is 2.86. The third-order valence-corrected chi connectivity index (χ3v) is 4.34. The van der Waals surface area contributed by atoms with Crippen LogP contribution in [0.15, 0.2) is 40.9 Å². The predicted octanol–water partition coefficient (Wildman–Crippen LogP) is 5.10. The van der Waals surface area contributed by atoms with E-state index in [1.54, 1.807) is 43.5 Å². The van der Waals surface area contributed by atoms with Gasteiger partial charge in [-0.05, 0) is 58.7 Å². The van der Waals surface area contributed by atoms with E-state index in [2.05, 4.69) is 26.6 Å². The van der Waals surface area contributed by atoms with Gasteiger partial charge in [0.05, 0.1) is 22.3 Å². The van der Waals surface area contributed by atoms with Crippen LogP contribution in [0.5, 0.6) is 5.75 Å². The zero-order valence-electron chi connectivity index (χ0n) is 13.9. The molecule has 25 heavy (non-hydrogen) atoms. The molecule has 0 aliphatic carbocycles. The largest absolute Gasteiger partial charge is 0.496 e. The number of nitrogens with one attached hydrogen (secondary N) is 2. The van der Waals surface area contributed by atoms with Crippen molar-refractivity contribution in [2.24, 2.45) is 0 Å². The van der Waals surface area contributed by atoms with E-state index >= 15 is 0 Å². The number of anilines is 2. The number of rotatable bonds is 6. The highest BCUT2D eigenvalue weighted by Crippen LogP contribution is 2.28. The second-order valence-corrected chi connectivity index (χ2v) is 6.56. The molecular formula is C18H18BrClN2O3. The van der Waals surface area contributed by atoms with Gasteiger partial charge in [0, 0.05) is 17.7 Å². The van der Waals surface area contributed by atoms with Gasteiger partial charge in [-0.1, -0.05) is 18.5 Å². The average Bonchev–Trinajstić information content (AvgIpc) is 2.58. The number of halogens is 2. The van der Waals surface area contributed by atoms with Crippen LogP contribution in [0.3, 0.4) is 0 Å². The normalized spacial score (nSPS) is 10.2. The summed E-state index contributed by atoms with van der Waals surface area (Å²) in [5, 5.41) is 5.91. The number of carbonyl (C=O) groups is 2. The summed E-state index contributed by atoms with van der Waals surface area (Å²) in [6, 6.07) is 9.96. The molecule has 2 aromatic rings. The molecule has 0 fully saturated rings. The van der Waals surface area contributed by atoms with Crippen LogP contribution in [0.2, 0.25) is 5.02 Å². The second-order valence-electron chi connectivity index (χ2n) is 5.30. The molecule has 2 N–H and O–H groups in total. The van der Waals surface area contributed by atoms with Crippen LogP contribution < -0.4 is 15.4 Å². The number of benzene rings is 2. The highest BCUT2D eigenvalue weighted by atomic mass is 79.9. The van der Waals surface area contributed by atoms with E-state index in [4.69, 9.17) is 16.3 Å². The number of amides is 2. The Morgan fingerprint density at radius 3 is 2.56 bits per heavy atom. The Hall–Kier alpha value is -2.05.